The molecule has 3 N–H and O–H groups in total. The highest BCUT2D eigenvalue weighted by molar-refractivity contribution is 6.04. The van der Waals surface area contributed by atoms with Crippen molar-refractivity contribution in [3.8, 4) is 0 Å². The van der Waals surface area contributed by atoms with Crippen molar-refractivity contribution in [2.24, 2.45) is 5.92 Å². The van der Waals surface area contributed by atoms with Crippen LogP contribution in [0.15, 0.2) is 48.5 Å². The molecule has 33 heavy (non-hydrogen) atoms. The number of nitrogens with zero attached hydrogens (tertiary/aromatic N) is 2. The van der Waals surface area contributed by atoms with Crippen LogP contribution in [-0.2, 0) is 9.59 Å². The monoisotopic (exact) mass is 454 g/mol. The number of aromatic carboxylic acids is 1. The number of anilines is 2. The molecule has 0 aliphatic carbocycles. The zero-order valence-corrected chi connectivity index (χ0v) is 19.5. The molecule has 0 spiro atoms. The average molecular weight is 455 g/mol. The topological polar surface area (TPSA) is 119 Å². The highest BCUT2D eigenvalue weighted by atomic mass is 16.4. The van der Waals surface area contributed by atoms with Gasteiger partial charge in [-0.15, -0.1) is 0 Å². The van der Waals surface area contributed by atoms with Crippen LogP contribution in [0.4, 0.5) is 11.4 Å². The minimum absolute atomic E-state index is 0.0471. The van der Waals surface area contributed by atoms with E-state index in [0.717, 1.165) is 0 Å². The van der Waals surface area contributed by atoms with Crippen LogP contribution in [0.5, 0.6) is 0 Å². The van der Waals surface area contributed by atoms with E-state index in [4.69, 9.17) is 0 Å². The van der Waals surface area contributed by atoms with Gasteiger partial charge in [-0.2, -0.15) is 0 Å². The summed E-state index contributed by atoms with van der Waals surface area (Å²) < 4.78 is 0. The maximum absolute atomic E-state index is 13.0. The van der Waals surface area contributed by atoms with Gasteiger partial charge in [0, 0.05) is 26.8 Å². The van der Waals surface area contributed by atoms with Crippen molar-refractivity contribution in [2.75, 3.05) is 37.9 Å². The van der Waals surface area contributed by atoms with E-state index in [1.165, 1.54) is 24.1 Å². The van der Waals surface area contributed by atoms with Crippen molar-refractivity contribution in [3.05, 3.63) is 59.7 Å². The zero-order valence-electron chi connectivity index (χ0n) is 19.5. The van der Waals surface area contributed by atoms with Crippen molar-refractivity contribution < 1.29 is 24.3 Å². The zero-order chi connectivity index (χ0) is 24.7. The maximum Gasteiger partial charge on any atom is 0.337 e. The molecule has 0 saturated heterocycles. The molecule has 176 valence electrons. The van der Waals surface area contributed by atoms with Gasteiger partial charge in [-0.1, -0.05) is 38.1 Å². The normalized spacial score (nSPS) is 11.5. The Kier molecular flexibility index (Phi) is 8.56. The van der Waals surface area contributed by atoms with Crippen LogP contribution in [-0.4, -0.2) is 67.4 Å². The van der Waals surface area contributed by atoms with Gasteiger partial charge < -0.3 is 25.5 Å². The number of benzene rings is 2. The van der Waals surface area contributed by atoms with E-state index in [1.807, 2.05) is 20.2 Å². The number of para-hydroxylation sites is 2. The molecule has 1 unspecified atom stereocenters. The predicted molar refractivity (Wildman–Crippen MR) is 127 cm³/mol. The van der Waals surface area contributed by atoms with Gasteiger partial charge in [0.05, 0.1) is 23.4 Å². The number of carbonyl (C=O) groups excluding carboxylic acids is 3. The second kappa shape index (κ2) is 11.1. The number of hydrogen-bond acceptors (Lipinski definition) is 5. The fourth-order valence-corrected chi connectivity index (χ4v) is 3.50. The lowest BCUT2D eigenvalue weighted by molar-refractivity contribution is -0.137. The molecule has 0 heterocycles. The molecule has 1 atom stereocenters. The lowest BCUT2D eigenvalue weighted by Crippen LogP contribution is -2.51. The quantitative estimate of drug-likeness (QED) is 0.535. The first-order chi connectivity index (χ1) is 15.5. The number of carboxylic acid groups (broad SMARTS) is 1. The SMILES string of the molecule is CC(C)C(C(=O)Nc1ccccc1C(=O)O)N(C)C(=O)CNC(=O)c1ccccc1N(C)C. The first kappa shape index (κ1) is 25.4. The molecule has 0 saturated carbocycles. The number of carboxylic acids is 1. The summed E-state index contributed by atoms with van der Waals surface area (Å²) in [6.07, 6.45) is 0. The minimum Gasteiger partial charge on any atom is -0.478 e. The summed E-state index contributed by atoms with van der Waals surface area (Å²) in [6.45, 7) is 3.27. The van der Waals surface area contributed by atoms with Gasteiger partial charge in [0.2, 0.25) is 11.8 Å². The lowest BCUT2D eigenvalue weighted by Gasteiger charge is -2.30. The number of nitrogens with one attached hydrogen (secondary N) is 2. The van der Waals surface area contributed by atoms with Crippen molar-refractivity contribution >= 4 is 35.1 Å². The Morgan fingerprint density at radius 3 is 2.06 bits per heavy atom. The van der Waals surface area contributed by atoms with Crippen LogP contribution < -0.4 is 15.5 Å². The van der Waals surface area contributed by atoms with E-state index in [0.29, 0.717) is 11.3 Å². The van der Waals surface area contributed by atoms with Gasteiger partial charge in [0.15, 0.2) is 0 Å². The minimum atomic E-state index is -1.17. The molecular weight excluding hydrogens is 424 g/mol. The van der Waals surface area contributed by atoms with Gasteiger partial charge in [0.1, 0.15) is 6.04 Å². The van der Waals surface area contributed by atoms with E-state index in [9.17, 15) is 24.3 Å². The number of carbonyl (C=O) groups is 4. The van der Waals surface area contributed by atoms with Gasteiger partial charge in [0.25, 0.3) is 5.91 Å². The van der Waals surface area contributed by atoms with Crippen LogP contribution in [0, 0.1) is 5.92 Å². The summed E-state index contributed by atoms with van der Waals surface area (Å²) in [7, 11) is 5.12. The van der Waals surface area contributed by atoms with E-state index in [-0.39, 0.29) is 23.7 Å². The molecule has 0 bridgehead atoms. The molecule has 3 amide bonds. The Bertz CT molecular complexity index is 1040. The smallest absolute Gasteiger partial charge is 0.337 e. The lowest BCUT2D eigenvalue weighted by atomic mass is 10.0. The summed E-state index contributed by atoms with van der Waals surface area (Å²) in [5, 5.41) is 14.6. The van der Waals surface area contributed by atoms with E-state index in [2.05, 4.69) is 10.6 Å². The summed E-state index contributed by atoms with van der Waals surface area (Å²) >= 11 is 0. The predicted octanol–water partition coefficient (Wildman–Crippen LogP) is 2.30. The molecular formula is C24H30N4O5. The average Bonchev–Trinajstić information content (AvgIpc) is 2.77. The van der Waals surface area contributed by atoms with Gasteiger partial charge in [-0.05, 0) is 30.2 Å². The number of likely N-dealkylation sites (N-methyl/N-ethyl adjacent to an activating group) is 1. The number of hydrogen-bond donors (Lipinski definition) is 3. The molecule has 9 nitrogen and oxygen atoms in total. The standard InChI is InChI=1S/C24H30N4O5/c1-15(2)21(23(31)26-18-12-8-6-10-16(18)24(32)33)28(5)20(29)14-25-22(30)17-11-7-9-13-19(17)27(3)4/h6-13,15,21H,14H2,1-5H3,(H,25,30)(H,26,31)(H,32,33). The van der Waals surface area contributed by atoms with Gasteiger partial charge in [-0.25, -0.2) is 4.79 Å². The summed E-state index contributed by atoms with van der Waals surface area (Å²) in [5.74, 6) is -2.80. The third-order valence-corrected chi connectivity index (χ3v) is 5.16. The number of amides is 3. The Hall–Kier alpha value is -3.88. The Morgan fingerprint density at radius 1 is 0.909 bits per heavy atom. The van der Waals surface area contributed by atoms with E-state index < -0.39 is 29.7 Å². The Morgan fingerprint density at radius 2 is 1.48 bits per heavy atom. The van der Waals surface area contributed by atoms with Crippen LogP contribution in [0.25, 0.3) is 0 Å². The Balaban J connectivity index is 2.11. The van der Waals surface area contributed by atoms with Crippen molar-refractivity contribution in [2.45, 2.75) is 19.9 Å². The molecule has 0 fully saturated rings. The molecule has 0 radical (unpaired) electrons. The van der Waals surface area contributed by atoms with E-state index in [1.54, 1.807) is 49.1 Å². The largest absolute Gasteiger partial charge is 0.478 e. The first-order valence-corrected chi connectivity index (χ1v) is 10.5. The molecule has 2 rings (SSSR count). The van der Waals surface area contributed by atoms with E-state index >= 15 is 0 Å². The third kappa shape index (κ3) is 6.31. The third-order valence-electron chi connectivity index (χ3n) is 5.16. The second-order valence-corrected chi connectivity index (χ2v) is 8.13. The molecule has 0 aromatic heterocycles. The van der Waals surface area contributed by atoms with Gasteiger partial charge in [-0.3, -0.25) is 14.4 Å². The highest BCUT2D eigenvalue weighted by Gasteiger charge is 2.30. The van der Waals surface area contributed by atoms with Crippen LogP contribution >= 0.6 is 0 Å². The van der Waals surface area contributed by atoms with Gasteiger partial charge >= 0.3 is 5.97 Å². The molecule has 0 aliphatic heterocycles. The fraction of sp³-hybridized carbons (Fsp3) is 0.333. The highest BCUT2D eigenvalue weighted by Crippen LogP contribution is 2.19. The molecule has 2 aromatic carbocycles. The second-order valence-electron chi connectivity index (χ2n) is 8.13. The first-order valence-electron chi connectivity index (χ1n) is 10.5. The summed E-state index contributed by atoms with van der Waals surface area (Å²) in [4.78, 5) is 52.9. The molecule has 0 aliphatic rings. The molecule has 2 aromatic rings. The van der Waals surface area contributed by atoms with Crippen molar-refractivity contribution in [1.82, 2.24) is 10.2 Å². The Labute approximate surface area is 193 Å². The summed E-state index contributed by atoms with van der Waals surface area (Å²) in [5.41, 5.74) is 1.25. The number of rotatable bonds is 9. The fourth-order valence-electron chi connectivity index (χ4n) is 3.50. The van der Waals surface area contributed by atoms with Crippen LogP contribution in [0.3, 0.4) is 0 Å². The van der Waals surface area contributed by atoms with Crippen LogP contribution in [0.1, 0.15) is 34.6 Å². The van der Waals surface area contributed by atoms with Crippen LogP contribution in [0.2, 0.25) is 0 Å². The summed E-state index contributed by atoms with van der Waals surface area (Å²) in [6, 6.07) is 12.2. The van der Waals surface area contributed by atoms with Crippen molar-refractivity contribution in [1.29, 1.82) is 0 Å². The maximum atomic E-state index is 13.0. The molecule has 9 heteroatoms. The van der Waals surface area contributed by atoms with Crippen molar-refractivity contribution in [3.63, 3.8) is 0 Å².